The minimum absolute atomic E-state index is 0.0827. The molecule has 112 valence electrons. The molecule has 0 saturated carbocycles. The fourth-order valence-corrected chi connectivity index (χ4v) is 4.24. The van der Waals surface area contributed by atoms with Crippen molar-refractivity contribution in [3.05, 3.63) is 27.7 Å². The zero-order chi connectivity index (χ0) is 15.5. The molecule has 0 bridgehead atoms. The van der Waals surface area contributed by atoms with E-state index in [9.17, 15) is 8.42 Å². The molecule has 0 saturated heterocycles. The van der Waals surface area contributed by atoms with Crippen LogP contribution in [-0.2, 0) is 10.0 Å². The number of thiocarbonyl (C=S) groups is 1. The van der Waals surface area contributed by atoms with Gasteiger partial charge in [-0.2, -0.15) is 4.31 Å². The van der Waals surface area contributed by atoms with Crippen molar-refractivity contribution in [2.75, 3.05) is 13.1 Å². The highest BCUT2D eigenvalue weighted by atomic mass is 79.9. The van der Waals surface area contributed by atoms with E-state index in [2.05, 4.69) is 15.9 Å². The van der Waals surface area contributed by atoms with Gasteiger partial charge in [-0.15, -0.1) is 0 Å². The summed E-state index contributed by atoms with van der Waals surface area (Å²) in [7, 11) is -3.66. The molecule has 0 radical (unpaired) electrons. The van der Waals surface area contributed by atoms with Gasteiger partial charge < -0.3 is 5.73 Å². The highest BCUT2D eigenvalue weighted by molar-refractivity contribution is 9.10. The Morgan fingerprint density at radius 2 is 2.15 bits per heavy atom. The summed E-state index contributed by atoms with van der Waals surface area (Å²) < 4.78 is 27.2. The molecule has 20 heavy (non-hydrogen) atoms. The zero-order valence-electron chi connectivity index (χ0n) is 11.1. The van der Waals surface area contributed by atoms with Gasteiger partial charge >= 0.3 is 0 Å². The highest BCUT2D eigenvalue weighted by Gasteiger charge is 2.27. The van der Waals surface area contributed by atoms with Crippen LogP contribution in [0.1, 0.15) is 13.8 Å². The molecule has 0 aliphatic heterocycles. The second-order valence-corrected chi connectivity index (χ2v) is 8.03. The van der Waals surface area contributed by atoms with Crippen molar-refractivity contribution < 1.29 is 8.42 Å². The lowest BCUT2D eigenvalue weighted by molar-refractivity contribution is 0.405. The number of benzene rings is 1. The average Bonchev–Trinajstić information content (AvgIpc) is 2.34. The number of rotatable bonds is 6. The molecule has 0 aliphatic carbocycles. The van der Waals surface area contributed by atoms with E-state index in [1.54, 1.807) is 26.0 Å². The van der Waals surface area contributed by atoms with Gasteiger partial charge in [0.25, 0.3) is 0 Å². The van der Waals surface area contributed by atoms with Crippen LogP contribution in [-0.4, -0.2) is 30.8 Å². The van der Waals surface area contributed by atoms with Gasteiger partial charge in [0, 0.05) is 23.5 Å². The summed E-state index contributed by atoms with van der Waals surface area (Å²) in [5, 5.41) is 0.181. The zero-order valence-corrected chi connectivity index (χ0v) is 15.1. The molecular weight excluding hydrogens is 384 g/mol. The molecular formula is C12H16BrClN2O2S2. The summed E-state index contributed by atoms with van der Waals surface area (Å²) in [5.74, 6) is -0.200. The molecule has 1 aromatic rings. The maximum atomic E-state index is 12.6. The molecule has 0 spiro atoms. The van der Waals surface area contributed by atoms with E-state index in [0.29, 0.717) is 11.5 Å². The van der Waals surface area contributed by atoms with Gasteiger partial charge in [-0.25, -0.2) is 8.42 Å². The topological polar surface area (TPSA) is 63.4 Å². The average molecular weight is 400 g/mol. The lowest BCUT2D eigenvalue weighted by Gasteiger charge is -2.24. The third-order valence-corrected chi connectivity index (χ3v) is 6.15. The van der Waals surface area contributed by atoms with Crippen LogP contribution < -0.4 is 5.73 Å². The van der Waals surface area contributed by atoms with E-state index in [0.717, 1.165) is 4.47 Å². The fraction of sp³-hybridized carbons (Fsp3) is 0.417. The van der Waals surface area contributed by atoms with Crippen LogP contribution in [0.3, 0.4) is 0 Å². The SMILES string of the molecule is CCN(CC(C)C(N)=S)S(=O)(=O)c1ccc(Br)cc1Cl. The van der Waals surface area contributed by atoms with Crippen molar-refractivity contribution in [3.8, 4) is 0 Å². The standard InChI is InChI=1S/C12H16BrClN2O2S2/c1-3-16(7-8(2)12(15)19)20(17,18)11-5-4-9(13)6-10(11)14/h4-6,8H,3,7H2,1-2H3,(H2,15,19). The van der Waals surface area contributed by atoms with Gasteiger partial charge in [0.2, 0.25) is 10.0 Å². The van der Waals surface area contributed by atoms with E-state index < -0.39 is 10.0 Å². The molecule has 0 heterocycles. The Morgan fingerprint density at radius 1 is 1.55 bits per heavy atom. The Labute approximate surface area is 138 Å². The summed E-state index contributed by atoms with van der Waals surface area (Å²) in [6.07, 6.45) is 0. The van der Waals surface area contributed by atoms with Gasteiger partial charge in [-0.3, -0.25) is 0 Å². The minimum atomic E-state index is -3.66. The summed E-state index contributed by atoms with van der Waals surface area (Å²) in [6, 6.07) is 4.68. The van der Waals surface area contributed by atoms with Crippen LogP contribution in [0.2, 0.25) is 5.02 Å². The quantitative estimate of drug-likeness (QED) is 0.747. The Balaban J connectivity index is 3.15. The van der Waals surface area contributed by atoms with E-state index in [-0.39, 0.29) is 22.4 Å². The minimum Gasteiger partial charge on any atom is -0.393 e. The van der Waals surface area contributed by atoms with Crippen molar-refractivity contribution >= 4 is 54.8 Å². The fourth-order valence-electron chi connectivity index (χ4n) is 1.62. The van der Waals surface area contributed by atoms with Crippen LogP contribution in [0.5, 0.6) is 0 Å². The Bertz CT molecular complexity index is 607. The van der Waals surface area contributed by atoms with Crippen molar-refractivity contribution in [3.63, 3.8) is 0 Å². The lowest BCUT2D eigenvalue weighted by Crippen LogP contribution is -2.38. The number of sulfonamides is 1. The molecule has 1 unspecified atom stereocenters. The third kappa shape index (κ3) is 4.14. The molecule has 0 aromatic heterocycles. The first-order valence-electron chi connectivity index (χ1n) is 5.94. The number of halogens is 2. The van der Waals surface area contributed by atoms with E-state index in [1.807, 2.05) is 0 Å². The Morgan fingerprint density at radius 3 is 2.60 bits per heavy atom. The van der Waals surface area contributed by atoms with Crippen molar-refractivity contribution in [1.29, 1.82) is 0 Å². The van der Waals surface area contributed by atoms with Gasteiger partial charge in [0.1, 0.15) is 4.90 Å². The molecule has 1 rings (SSSR count). The number of hydrogen-bond donors (Lipinski definition) is 1. The first-order valence-corrected chi connectivity index (χ1v) is 8.96. The summed E-state index contributed by atoms with van der Waals surface area (Å²) in [6.45, 7) is 4.11. The molecule has 0 fully saturated rings. The first kappa shape index (κ1) is 17.8. The van der Waals surface area contributed by atoms with E-state index in [4.69, 9.17) is 29.6 Å². The molecule has 8 heteroatoms. The second kappa shape index (κ2) is 7.17. The van der Waals surface area contributed by atoms with Crippen LogP contribution in [0.25, 0.3) is 0 Å². The smallest absolute Gasteiger partial charge is 0.244 e. The van der Waals surface area contributed by atoms with Gasteiger partial charge in [-0.1, -0.05) is 53.6 Å². The monoisotopic (exact) mass is 398 g/mol. The molecule has 0 aliphatic rings. The molecule has 1 atom stereocenters. The predicted octanol–water partition coefficient (Wildman–Crippen LogP) is 3.04. The molecule has 2 N–H and O–H groups in total. The normalized spacial score (nSPS) is 13.4. The third-order valence-electron chi connectivity index (χ3n) is 2.83. The number of nitrogens with two attached hydrogens (primary N) is 1. The van der Waals surface area contributed by atoms with Crippen molar-refractivity contribution in [2.45, 2.75) is 18.7 Å². The largest absolute Gasteiger partial charge is 0.393 e. The number of nitrogens with zero attached hydrogens (tertiary/aromatic N) is 1. The summed E-state index contributed by atoms with van der Waals surface area (Å²) in [5.41, 5.74) is 5.55. The van der Waals surface area contributed by atoms with Crippen LogP contribution in [0.4, 0.5) is 0 Å². The van der Waals surface area contributed by atoms with Gasteiger partial charge in [0.15, 0.2) is 0 Å². The summed E-state index contributed by atoms with van der Waals surface area (Å²) in [4.78, 5) is 0.375. The van der Waals surface area contributed by atoms with Gasteiger partial charge in [0.05, 0.1) is 10.0 Å². The van der Waals surface area contributed by atoms with E-state index in [1.165, 1.54) is 10.4 Å². The summed E-state index contributed by atoms with van der Waals surface area (Å²) >= 11 is 14.2. The Hall–Kier alpha value is -0.210. The maximum absolute atomic E-state index is 12.6. The van der Waals surface area contributed by atoms with Crippen LogP contribution in [0, 0.1) is 5.92 Å². The molecule has 0 amide bonds. The highest BCUT2D eigenvalue weighted by Crippen LogP contribution is 2.28. The van der Waals surface area contributed by atoms with Crippen molar-refractivity contribution in [2.24, 2.45) is 11.7 Å². The lowest BCUT2D eigenvalue weighted by atomic mass is 10.2. The van der Waals surface area contributed by atoms with Crippen LogP contribution >= 0.6 is 39.7 Å². The van der Waals surface area contributed by atoms with Crippen molar-refractivity contribution in [1.82, 2.24) is 4.31 Å². The first-order chi connectivity index (χ1) is 9.20. The van der Waals surface area contributed by atoms with Gasteiger partial charge in [-0.05, 0) is 18.2 Å². The maximum Gasteiger partial charge on any atom is 0.244 e. The second-order valence-electron chi connectivity index (χ2n) is 4.33. The predicted molar refractivity (Wildman–Crippen MR) is 89.5 cm³/mol. The van der Waals surface area contributed by atoms with E-state index >= 15 is 0 Å². The number of hydrogen-bond acceptors (Lipinski definition) is 3. The molecule has 4 nitrogen and oxygen atoms in total. The Kier molecular flexibility index (Phi) is 6.40. The van der Waals surface area contributed by atoms with Crippen LogP contribution in [0.15, 0.2) is 27.6 Å². The molecule has 1 aromatic carbocycles.